The number of aromatic nitrogens is 4. The first-order valence-electron chi connectivity index (χ1n) is 18.3. The molecule has 304 valence electrons. The van der Waals surface area contributed by atoms with Gasteiger partial charge in [-0.2, -0.15) is 22.7 Å². The van der Waals surface area contributed by atoms with E-state index in [9.17, 15) is 27.5 Å². The Balaban J connectivity index is 1.21. The maximum atomic E-state index is 14.3. The van der Waals surface area contributed by atoms with Crippen molar-refractivity contribution < 1.29 is 46.1 Å². The van der Waals surface area contributed by atoms with Gasteiger partial charge >= 0.3 is 12.1 Å². The minimum absolute atomic E-state index is 0.0637. The van der Waals surface area contributed by atoms with Crippen LogP contribution in [-0.4, -0.2) is 107 Å². The molecule has 7 rings (SSSR count). The molecule has 12 nitrogen and oxygen atoms in total. The van der Waals surface area contributed by atoms with E-state index in [0.29, 0.717) is 54.7 Å². The molecule has 0 spiro atoms. The molecule has 6 aromatic rings. The van der Waals surface area contributed by atoms with Crippen LogP contribution in [0.3, 0.4) is 0 Å². The molecule has 1 N–H and O–H groups in total. The van der Waals surface area contributed by atoms with Gasteiger partial charge in [-0.05, 0) is 54.9 Å². The number of likely N-dealkylation sites (N-methyl/N-ethyl adjacent to an activating group) is 1. The van der Waals surface area contributed by atoms with E-state index in [1.54, 1.807) is 38.2 Å². The normalized spacial score (nSPS) is 15.1. The van der Waals surface area contributed by atoms with Crippen LogP contribution in [0.25, 0.3) is 32.0 Å². The molecule has 1 aliphatic heterocycles. The predicted octanol–water partition coefficient (Wildman–Crippen LogP) is 6.89. The summed E-state index contributed by atoms with van der Waals surface area (Å²) in [4.78, 5) is 27.4. The number of hydrogen-bond acceptors (Lipinski definition) is 11. The van der Waals surface area contributed by atoms with E-state index in [0.717, 1.165) is 37.4 Å². The van der Waals surface area contributed by atoms with Crippen molar-refractivity contribution in [3.05, 3.63) is 95.0 Å². The highest BCUT2D eigenvalue weighted by Gasteiger charge is 2.34. The molecule has 58 heavy (non-hydrogen) atoms. The van der Waals surface area contributed by atoms with Gasteiger partial charge in [-0.15, -0.1) is 11.3 Å². The van der Waals surface area contributed by atoms with Gasteiger partial charge in [0.05, 0.1) is 21.0 Å². The van der Waals surface area contributed by atoms with Gasteiger partial charge in [-0.1, -0.05) is 35.9 Å². The van der Waals surface area contributed by atoms with Gasteiger partial charge in [0.25, 0.3) is 6.01 Å². The molecule has 0 amide bonds. The molecule has 0 bridgehead atoms. The molecular formula is C39H38BClF4N6O6S. The Morgan fingerprint density at radius 3 is 2.55 bits per heavy atom. The van der Waals surface area contributed by atoms with E-state index in [-0.39, 0.29) is 29.7 Å². The van der Waals surface area contributed by atoms with Crippen molar-refractivity contribution in [3.8, 4) is 39.1 Å². The maximum absolute atomic E-state index is 14.3. The summed E-state index contributed by atoms with van der Waals surface area (Å²) in [5.74, 6) is -1.33. The molecule has 19 heteroatoms. The van der Waals surface area contributed by atoms with Crippen LogP contribution in [0.15, 0.2) is 71.5 Å². The second kappa shape index (κ2) is 17.4. The third-order valence-corrected chi connectivity index (χ3v) is 11.6. The average Bonchev–Trinajstić information content (AvgIpc) is 3.93. The number of carboxylic acid groups (broad SMARTS) is 1. The number of halogens is 5. The van der Waals surface area contributed by atoms with Crippen molar-refractivity contribution in [2.75, 3.05) is 46.4 Å². The Bertz CT molecular complexity index is 2400. The third kappa shape index (κ3) is 9.09. The number of benzene rings is 2. The maximum Gasteiger partial charge on any atom is 0.408 e. The molecule has 0 saturated carbocycles. The molecule has 0 radical (unpaired) electrons. The summed E-state index contributed by atoms with van der Waals surface area (Å²) in [6, 6.07) is 13.5. The van der Waals surface area contributed by atoms with E-state index in [4.69, 9.17) is 30.2 Å². The summed E-state index contributed by atoms with van der Waals surface area (Å²) in [5, 5.41) is 15.1. The highest BCUT2D eigenvalue weighted by molar-refractivity contribution is 7.22. The SMILES string of the molecule is B[C@@H](c1ccccc1OCc1ccnn1CC(F)(F)F)[C@@H](Oc1ncnc2sc(-c3ccc(F)o3)c(-c3ccc(OCCN4CCN(C)CC4)c(Cl)c3C)c12)C(=O)O. The quantitative estimate of drug-likeness (QED) is 0.0858. The number of para-hydroxylation sites is 1. The van der Waals surface area contributed by atoms with Gasteiger partial charge in [0.1, 0.15) is 56.0 Å². The fraction of sp³-hybridized carbons (Fsp3) is 0.333. The molecule has 2 aromatic carbocycles. The van der Waals surface area contributed by atoms with E-state index < -0.39 is 36.6 Å². The standard InChI is InChI=1S/C39H38BClF4N6O6S/c1-22-24(7-8-27(33(22)41)54-18-17-50-15-13-49(2)14-16-50)30-31-36(46-21-47-37(31)58-35(30)28-9-10-29(42)56-28)57-34(38(52)53)32(40)25-5-3-4-6-26(25)55-19-23-11-12-48-51(23)20-39(43,44)45/h3-12,21,32,34H,13-20,40H2,1-2H3,(H,52,53)/t32-,34+/m0/s1. The van der Waals surface area contributed by atoms with Gasteiger partial charge in [0, 0.05) is 56.4 Å². The second-order valence-electron chi connectivity index (χ2n) is 13.9. The number of aliphatic carboxylic acids is 1. The Morgan fingerprint density at radius 1 is 1.05 bits per heavy atom. The van der Waals surface area contributed by atoms with Crippen LogP contribution in [0, 0.1) is 12.9 Å². The van der Waals surface area contributed by atoms with E-state index >= 15 is 0 Å². The Kier molecular flexibility index (Phi) is 12.3. The summed E-state index contributed by atoms with van der Waals surface area (Å²) in [6.07, 6.45) is -3.55. The lowest BCUT2D eigenvalue weighted by Crippen LogP contribution is -2.45. The summed E-state index contributed by atoms with van der Waals surface area (Å²) in [6.45, 7) is 5.30. The lowest BCUT2D eigenvalue weighted by Gasteiger charge is -2.32. The number of alkyl halides is 3. The zero-order valence-electron chi connectivity index (χ0n) is 31.6. The van der Waals surface area contributed by atoms with Crippen LogP contribution in [0.1, 0.15) is 22.6 Å². The molecule has 5 heterocycles. The minimum atomic E-state index is -4.49. The number of carbonyl (C=O) groups is 1. The first kappa shape index (κ1) is 41.0. The van der Waals surface area contributed by atoms with E-state index in [1.807, 2.05) is 13.0 Å². The smallest absolute Gasteiger partial charge is 0.408 e. The van der Waals surface area contributed by atoms with Crippen molar-refractivity contribution in [1.82, 2.24) is 29.5 Å². The first-order chi connectivity index (χ1) is 27.8. The number of nitrogens with zero attached hydrogens (tertiary/aromatic N) is 6. The van der Waals surface area contributed by atoms with Gasteiger partial charge in [-0.3, -0.25) is 9.58 Å². The second-order valence-corrected chi connectivity index (χ2v) is 15.3. The number of furan rings is 1. The number of thiophene rings is 1. The Labute approximate surface area is 340 Å². The lowest BCUT2D eigenvalue weighted by molar-refractivity contribution is -0.145. The average molecular weight is 841 g/mol. The summed E-state index contributed by atoms with van der Waals surface area (Å²) in [5.41, 5.74) is 2.33. The van der Waals surface area contributed by atoms with E-state index in [2.05, 4.69) is 31.9 Å². The van der Waals surface area contributed by atoms with Crippen LogP contribution in [-0.2, 0) is 17.9 Å². The number of hydrogen-bond donors (Lipinski definition) is 1. The van der Waals surface area contributed by atoms with Crippen LogP contribution in [0.4, 0.5) is 17.6 Å². The van der Waals surface area contributed by atoms with Crippen molar-refractivity contribution in [2.45, 2.75) is 38.2 Å². The van der Waals surface area contributed by atoms with Crippen LogP contribution in [0.2, 0.25) is 5.02 Å². The van der Waals surface area contributed by atoms with E-state index in [1.165, 1.54) is 42.1 Å². The first-order valence-corrected chi connectivity index (χ1v) is 19.5. The molecule has 0 unspecified atom stereocenters. The van der Waals surface area contributed by atoms with Gasteiger partial charge in [0.15, 0.2) is 6.10 Å². The zero-order chi connectivity index (χ0) is 41.1. The van der Waals surface area contributed by atoms with Gasteiger partial charge < -0.3 is 28.6 Å². The molecule has 1 aliphatic rings. The minimum Gasteiger partial charge on any atom is -0.491 e. The van der Waals surface area contributed by atoms with Crippen LogP contribution in [0.5, 0.6) is 17.4 Å². The number of carboxylic acids is 1. The summed E-state index contributed by atoms with van der Waals surface area (Å²) >= 11 is 8.14. The van der Waals surface area contributed by atoms with Crippen LogP contribution < -0.4 is 14.2 Å². The lowest BCUT2D eigenvalue weighted by atomic mass is 9.76. The molecule has 1 saturated heterocycles. The fourth-order valence-corrected chi connectivity index (χ4v) is 8.17. The van der Waals surface area contributed by atoms with Crippen molar-refractivity contribution in [2.24, 2.45) is 0 Å². The zero-order valence-corrected chi connectivity index (χ0v) is 33.2. The third-order valence-electron chi connectivity index (χ3n) is 9.99. The number of fused-ring (bicyclic) bond motifs is 1. The molecule has 4 aromatic heterocycles. The topological polar surface area (TPSA) is 128 Å². The van der Waals surface area contributed by atoms with Crippen molar-refractivity contribution in [3.63, 3.8) is 0 Å². The molecular weight excluding hydrogens is 803 g/mol. The van der Waals surface area contributed by atoms with Crippen LogP contribution >= 0.6 is 22.9 Å². The molecule has 1 fully saturated rings. The highest BCUT2D eigenvalue weighted by Crippen LogP contribution is 2.50. The number of ether oxygens (including phenoxy) is 3. The molecule has 2 atom stereocenters. The predicted molar refractivity (Wildman–Crippen MR) is 212 cm³/mol. The number of piperazine rings is 1. The monoisotopic (exact) mass is 840 g/mol. The Hall–Kier alpha value is -5.17. The largest absolute Gasteiger partial charge is 0.491 e. The summed E-state index contributed by atoms with van der Waals surface area (Å²) in [7, 11) is 3.73. The van der Waals surface area contributed by atoms with Crippen molar-refractivity contribution in [1.29, 1.82) is 0 Å². The van der Waals surface area contributed by atoms with Crippen molar-refractivity contribution >= 4 is 47.0 Å². The molecule has 0 aliphatic carbocycles. The Morgan fingerprint density at radius 2 is 1.83 bits per heavy atom. The number of rotatable bonds is 15. The summed E-state index contributed by atoms with van der Waals surface area (Å²) < 4.78 is 78.4. The van der Waals surface area contributed by atoms with Gasteiger partial charge in [0.2, 0.25) is 5.88 Å². The fourth-order valence-electron chi connectivity index (χ4n) is 6.85. The van der Waals surface area contributed by atoms with Gasteiger partial charge in [-0.25, -0.2) is 14.8 Å². The highest BCUT2D eigenvalue weighted by atomic mass is 35.5.